The van der Waals surface area contributed by atoms with Gasteiger partial charge in [0.25, 0.3) is 0 Å². The molecule has 2 aromatic rings. The largest absolute Gasteiger partial charge is 0.0868 e. The third kappa shape index (κ3) is 1.51. The normalized spacial score (nSPS) is 24.6. The maximum atomic E-state index is 6.47. The van der Waals surface area contributed by atoms with Gasteiger partial charge >= 0.3 is 0 Å². The van der Waals surface area contributed by atoms with Gasteiger partial charge in [-0.3, -0.25) is 0 Å². The second kappa shape index (κ2) is 4.42. The Bertz CT molecular complexity index is 752. The van der Waals surface area contributed by atoms with Crippen molar-refractivity contribution in [3.63, 3.8) is 0 Å². The van der Waals surface area contributed by atoms with Gasteiger partial charge < -0.3 is 0 Å². The highest BCUT2D eigenvalue weighted by molar-refractivity contribution is 6.52. The third-order valence-corrected chi connectivity index (χ3v) is 6.05. The van der Waals surface area contributed by atoms with E-state index in [2.05, 4.69) is 24.3 Å². The number of benzene rings is 2. The van der Waals surface area contributed by atoms with Gasteiger partial charge in [0.15, 0.2) is 0 Å². The monoisotopic (exact) mass is 340 g/mol. The summed E-state index contributed by atoms with van der Waals surface area (Å²) in [6, 6.07) is 12.4. The lowest BCUT2D eigenvalue weighted by Crippen LogP contribution is -2.12. The first-order valence-electron chi connectivity index (χ1n) is 6.23. The van der Waals surface area contributed by atoms with Crippen molar-refractivity contribution in [3.8, 4) is 0 Å². The maximum Gasteiger partial charge on any atom is 0.0756 e. The molecule has 0 saturated carbocycles. The molecular weight excluding hydrogens is 334 g/mol. The fourth-order valence-corrected chi connectivity index (χ4v) is 4.54. The molecule has 4 heteroatoms. The molecule has 2 atom stereocenters. The van der Waals surface area contributed by atoms with Gasteiger partial charge in [-0.25, -0.2) is 0 Å². The average molecular weight is 342 g/mol. The third-order valence-electron chi connectivity index (χ3n) is 4.13. The van der Waals surface area contributed by atoms with Crippen molar-refractivity contribution in [2.75, 3.05) is 0 Å². The smallest absolute Gasteiger partial charge is 0.0756 e. The van der Waals surface area contributed by atoms with Crippen LogP contribution in [0.2, 0.25) is 0 Å². The Morgan fingerprint density at radius 1 is 0.650 bits per heavy atom. The minimum atomic E-state index is -0.0275. The molecule has 20 heavy (non-hydrogen) atoms. The summed E-state index contributed by atoms with van der Waals surface area (Å²) >= 11 is 25.4. The molecular formula is C16H8Cl4. The minimum Gasteiger partial charge on any atom is -0.0868 e. The lowest BCUT2D eigenvalue weighted by Gasteiger charge is -2.27. The Hall–Kier alpha value is -0.660. The summed E-state index contributed by atoms with van der Waals surface area (Å²) < 4.78 is 0. The van der Waals surface area contributed by atoms with E-state index in [1.807, 2.05) is 12.1 Å². The molecule has 0 heterocycles. The fraction of sp³-hybridized carbons (Fsp3) is 0.125. The van der Waals surface area contributed by atoms with E-state index < -0.39 is 0 Å². The highest BCUT2D eigenvalue weighted by Crippen LogP contribution is 2.60. The molecule has 0 spiro atoms. The van der Waals surface area contributed by atoms with Gasteiger partial charge in [-0.05, 0) is 21.9 Å². The first kappa shape index (κ1) is 13.0. The van der Waals surface area contributed by atoms with Crippen LogP contribution in [-0.2, 0) is 0 Å². The van der Waals surface area contributed by atoms with Crippen LogP contribution in [0.15, 0.2) is 56.5 Å². The van der Waals surface area contributed by atoms with Crippen molar-refractivity contribution in [2.24, 2.45) is 0 Å². The number of allylic oxidation sites excluding steroid dienone is 4. The lowest BCUT2D eigenvalue weighted by molar-refractivity contribution is 0.739. The molecule has 0 N–H and O–H groups in total. The number of fused-ring (bicyclic) bond motifs is 3. The van der Waals surface area contributed by atoms with Crippen LogP contribution in [-0.4, -0.2) is 0 Å². The first-order chi connectivity index (χ1) is 9.61. The summed E-state index contributed by atoms with van der Waals surface area (Å²) in [5.41, 5.74) is 2.35. The van der Waals surface area contributed by atoms with Crippen LogP contribution in [0.5, 0.6) is 0 Å². The summed E-state index contributed by atoms with van der Waals surface area (Å²) in [5, 5.41) is 4.30. The number of hydrogen-bond donors (Lipinski definition) is 0. The van der Waals surface area contributed by atoms with Crippen molar-refractivity contribution in [1.82, 2.24) is 0 Å². The summed E-state index contributed by atoms with van der Waals surface area (Å²) in [5.74, 6) is -0.0551. The van der Waals surface area contributed by atoms with Crippen molar-refractivity contribution in [2.45, 2.75) is 11.8 Å². The zero-order valence-electron chi connectivity index (χ0n) is 10.1. The molecule has 0 amide bonds. The molecule has 2 aliphatic rings. The van der Waals surface area contributed by atoms with Crippen LogP contribution in [0.25, 0.3) is 10.8 Å². The van der Waals surface area contributed by atoms with Crippen molar-refractivity contribution >= 4 is 57.2 Å². The number of hydrogen-bond acceptors (Lipinski definition) is 0. The predicted molar refractivity (Wildman–Crippen MR) is 86.9 cm³/mol. The number of rotatable bonds is 0. The molecule has 0 nitrogen and oxygen atoms in total. The van der Waals surface area contributed by atoms with E-state index >= 15 is 0 Å². The SMILES string of the molecule is ClC1=C(Cl)C2c3cccc4cccc(c34)C2C(Cl)=C1Cl. The Morgan fingerprint density at radius 2 is 1.10 bits per heavy atom. The summed E-state index contributed by atoms with van der Waals surface area (Å²) in [4.78, 5) is 0. The summed E-state index contributed by atoms with van der Waals surface area (Å²) in [6.45, 7) is 0. The summed E-state index contributed by atoms with van der Waals surface area (Å²) in [6.07, 6.45) is 0. The molecule has 0 fully saturated rings. The van der Waals surface area contributed by atoms with E-state index in [1.165, 1.54) is 21.9 Å². The second-order valence-electron chi connectivity index (χ2n) is 5.07. The zero-order chi connectivity index (χ0) is 14.0. The van der Waals surface area contributed by atoms with E-state index in [4.69, 9.17) is 46.4 Å². The molecule has 0 aliphatic heterocycles. The van der Waals surface area contributed by atoms with Crippen LogP contribution in [0, 0.1) is 0 Å². The van der Waals surface area contributed by atoms with Gasteiger partial charge in [0.1, 0.15) is 0 Å². The first-order valence-corrected chi connectivity index (χ1v) is 7.74. The van der Waals surface area contributed by atoms with E-state index in [1.54, 1.807) is 0 Å². The van der Waals surface area contributed by atoms with Crippen LogP contribution in [0.3, 0.4) is 0 Å². The van der Waals surface area contributed by atoms with Crippen molar-refractivity contribution in [3.05, 3.63) is 67.7 Å². The Morgan fingerprint density at radius 3 is 1.55 bits per heavy atom. The maximum absolute atomic E-state index is 6.47. The van der Waals surface area contributed by atoms with E-state index in [9.17, 15) is 0 Å². The van der Waals surface area contributed by atoms with E-state index in [0.29, 0.717) is 20.1 Å². The Balaban J connectivity index is 2.13. The average Bonchev–Trinajstić information content (AvgIpc) is 2.80. The van der Waals surface area contributed by atoms with Gasteiger partial charge in [-0.1, -0.05) is 82.8 Å². The van der Waals surface area contributed by atoms with Crippen LogP contribution in [0.4, 0.5) is 0 Å². The van der Waals surface area contributed by atoms with E-state index in [0.717, 1.165) is 0 Å². The van der Waals surface area contributed by atoms with Gasteiger partial charge in [0.05, 0.1) is 10.1 Å². The minimum absolute atomic E-state index is 0.0275. The van der Waals surface area contributed by atoms with Crippen LogP contribution < -0.4 is 0 Å². The Labute approximate surface area is 136 Å². The molecule has 2 aliphatic carbocycles. The van der Waals surface area contributed by atoms with Crippen molar-refractivity contribution in [1.29, 1.82) is 0 Å². The summed E-state index contributed by atoms with van der Waals surface area (Å²) in [7, 11) is 0. The molecule has 0 aromatic heterocycles. The fourth-order valence-electron chi connectivity index (χ4n) is 3.33. The standard InChI is InChI=1S/C16H8Cl4/c17-13-11-8-5-1-3-7-4-2-6-9(10(7)8)12(11)14(18)16(20)15(13)19/h1-6,11-12H. The van der Waals surface area contributed by atoms with Crippen molar-refractivity contribution < 1.29 is 0 Å². The molecule has 4 rings (SSSR count). The van der Waals surface area contributed by atoms with Crippen LogP contribution >= 0.6 is 46.4 Å². The topological polar surface area (TPSA) is 0 Å². The highest BCUT2D eigenvalue weighted by atomic mass is 35.5. The molecule has 0 bridgehead atoms. The van der Waals surface area contributed by atoms with Gasteiger partial charge in [0.2, 0.25) is 0 Å². The van der Waals surface area contributed by atoms with Gasteiger partial charge in [-0.15, -0.1) is 0 Å². The van der Waals surface area contributed by atoms with Gasteiger partial charge in [-0.2, -0.15) is 0 Å². The molecule has 2 aromatic carbocycles. The Kier molecular flexibility index (Phi) is 2.88. The van der Waals surface area contributed by atoms with E-state index in [-0.39, 0.29) is 11.8 Å². The number of halogens is 4. The molecule has 100 valence electrons. The zero-order valence-corrected chi connectivity index (χ0v) is 13.2. The molecule has 2 unspecified atom stereocenters. The molecule has 0 saturated heterocycles. The van der Waals surface area contributed by atoms with Crippen LogP contribution in [0.1, 0.15) is 23.0 Å². The quantitative estimate of drug-likeness (QED) is 0.519. The second-order valence-corrected chi connectivity index (χ2v) is 6.64. The van der Waals surface area contributed by atoms with Gasteiger partial charge in [0, 0.05) is 21.9 Å². The predicted octanol–water partition coefficient (Wildman–Crippen LogP) is 6.41. The lowest BCUT2D eigenvalue weighted by atomic mass is 9.85. The highest BCUT2D eigenvalue weighted by Gasteiger charge is 2.43. The molecule has 0 radical (unpaired) electrons.